The first-order chi connectivity index (χ1) is 11.3. The summed E-state index contributed by atoms with van der Waals surface area (Å²) >= 11 is 0. The molecule has 1 aliphatic carbocycles. The van der Waals surface area contributed by atoms with Crippen LogP contribution in [0.15, 0.2) is 29.3 Å². The molecule has 0 radical (unpaired) electrons. The van der Waals surface area contributed by atoms with Gasteiger partial charge in [-0.1, -0.05) is 12.1 Å². The lowest BCUT2D eigenvalue weighted by molar-refractivity contribution is -0.119. The highest BCUT2D eigenvalue weighted by Crippen LogP contribution is 2.27. The fraction of sp³-hybridized carbons (Fsp3) is 0.556. The van der Waals surface area contributed by atoms with E-state index in [1.807, 2.05) is 17.0 Å². The van der Waals surface area contributed by atoms with Gasteiger partial charge in [-0.2, -0.15) is 0 Å². The van der Waals surface area contributed by atoms with Crippen molar-refractivity contribution in [2.45, 2.75) is 38.6 Å². The second kappa shape index (κ2) is 7.49. The van der Waals surface area contributed by atoms with Gasteiger partial charge in [0.25, 0.3) is 0 Å². The van der Waals surface area contributed by atoms with E-state index in [4.69, 9.17) is 0 Å². The van der Waals surface area contributed by atoms with Crippen LogP contribution in [0.4, 0.5) is 5.69 Å². The van der Waals surface area contributed by atoms with Crippen molar-refractivity contribution in [3.63, 3.8) is 0 Å². The molecule has 1 saturated heterocycles. The third-order valence-corrected chi connectivity index (χ3v) is 4.51. The molecule has 1 aliphatic heterocycles. The summed E-state index contributed by atoms with van der Waals surface area (Å²) in [5, 5.41) is 6.69. The molecular formula is C18H26N4O. The largest absolute Gasteiger partial charge is 0.356 e. The minimum atomic E-state index is 0.242. The van der Waals surface area contributed by atoms with Crippen molar-refractivity contribution in [1.82, 2.24) is 10.6 Å². The van der Waals surface area contributed by atoms with Gasteiger partial charge in [0.15, 0.2) is 5.96 Å². The fourth-order valence-corrected chi connectivity index (χ4v) is 2.84. The van der Waals surface area contributed by atoms with Crippen LogP contribution in [0.1, 0.15) is 37.7 Å². The summed E-state index contributed by atoms with van der Waals surface area (Å²) in [6, 6.07) is 8.25. The van der Waals surface area contributed by atoms with Gasteiger partial charge in [0.1, 0.15) is 0 Å². The summed E-state index contributed by atoms with van der Waals surface area (Å²) in [5.74, 6) is 1.92. The molecule has 2 aliphatic rings. The van der Waals surface area contributed by atoms with Gasteiger partial charge in [0.2, 0.25) is 5.91 Å². The van der Waals surface area contributed by atoms with Gasteiger partial charge in [-0.25, -0.2) is 0 Å². The predicted molar refractivity (Wildman–Crippen MR) is 93.6 cm³/mol. The SMILES string of the molecule is CN=C(NCc1ccc(N2CCCCC2=O)cc1)NCC1CC1. The third kappa shape index (κ3) is 4.47. The average molecular weight is 314 g/mol. The Morgan fingerprint density at radius 2 is 2.00 bits per heavy atom. The number of benzene rings is 1. The summed E-state index contributed by atoms with van der Waals surface area (Å²) in [4.78, 5) is 18.1. The molecule has 5 heteroatoms. The molecule has 0 spiro atoms. The van der Waals surface area contributed by atoms with E-state index in [9.17, 15) is 4.79 Å². The highest BCUT2D eigenvalue weighted by atomic mass is 16.2. The smallest absolute Gasteiger partial charge is 0.226 e. The van der Waals surface area contributed by atoms with Gasteiger partial charge >= 0.3 is 0 Å². The number of carbonyl (C=O) groups excluding carboxylic acids is 1. The highest BCUT2D eigenvalue weighted by Gasteiger charge is 2.21. The number of guanidine groups is 1. The van der Waals surface area contributed by atoms with Crippen molar-refractivity contribution in [2.24, 2.45) is 10.9 Å². The van der Waals surface area contributed by atoms with Crippen LogP contribution in [0.5, 0.6) is 0 Å². The molecule has 1 amide bonds. The van der Waals surface area contributed by atoms with E-state index in [2.05, 4.69) is 27.8 Å². The maximum atomic E-state index is 12.0. The zero-order valence-electron chi connectivity index (χ0n) is 13.8. The zero-order chi connectivity index (χ0) is 16.1. The third-order valence-electron chi connectivity index (χ3n) is 4.51. The van der Waals surface area contributed by atoms with Crippen LogP contribution in [-0.4, -0.2) is 32.0 Å². The number of hydrogen-bond acceptors (Lipinski definition) is 2. The second-order valence-electron chi connectivity index (χ2n) is 6.42. The number of piperidine rings is 1. The molecule has 0 aromatic heterocycles. The Kier molecular flexibility index (Phi) is 5.16. The quantitative estimate of drug-likeness (QED) is 0.647. The molecule has 2 fully saturated rings. The summed E-state index contributed by atoms with van der Waals surface area (Å²) < 4.78 is 0. The normalized spacial score (nSPS) is 18.9. The molecule has 124 valence electrons. The molecule has 0 atom stereocenters. The number of nitrogens with one attached hydrogen (secondary N) is 2. The van der Waals surface area contributed by atoms with Gasteiger partial charge in [0.05, 0.1) is 0 Å². The lowest BCUT2D eigenvalue weighted by atomic mass is 10.1. The molecule has 0 unspecified atom stereocenters. The van der Waals surface area contributed by atoms with E-state index in [1.165, 1.54) is 18.4 Å². The Labute approximate surface area is 138 Å². The van der Waals surface area contributed by atoms with Gasteiger partial charge in [-0.3, -0.25) is 9.79 Å². The van der Waals surface area contributed by atoms with Crippen LogP contribution in [0, 0.1) is 5.92 Å². The molecule has 2 N–H and O–H groups in total. The van der Waals surface area contributed by atoms with E-state index in [0.717, 1.165) is 50.0 Å². The number of carbonyl (C=O) groups is 1. The van der Waals surface area contributed by atoms with Crippen molar-refractivity contribution in [3.8, 4) is 0 Å². The van der Waals surface area contributed by atoms with Gasteiger partial charge < -0.3 is 15.5 Å². The van der Waals surface area contributed by atoms with Crippen LogP contribution >= 0.6 is 0 Å². The number of hydrogen-bond donors (Lipinski definition) is 2. The van der Waals surface area contributed by atoms with Crippen molar-refractivity contribution in [1.29, 1.82) is 0 Å². The average Bonchev–Trinajstić information content (AvgIpc) is 3.40. The van der Waals surface area contributed by atoms with E-state index >= 15 is 0 Å². The molecular weight excluding hydrogens is 288 g/mol. The Balaban J connectivity index is 1.51. The van der Waals surface area contributed by atoms with Crippen molar-refractivity contribution < 1.29 is 4.79 Å². The van der Waals surface area contributed by atoms with E-state index in [1.54, 1.807) is 7.05 Å². The number of aliphatic imine (C=N–C) groups is 1. The molecule has 0 bridgehead atoms. The summed E-state index contributed by atoms with van der Waals surface area (Å²) in [6.45, 7) is 2.59. The molecule has 3 rings (SSSR count). The molecule has 1 saturated carbocycles. The first kappa shape index (κ1) is 15.8. The Hall–Kier alpha value is -2.04. The summed E-state index contributed by atoms with van der Waals surface area (Å²) in [7, 11) is 1.80. The second-order valence-corrected chi connectivity index (χ2v) is 6.42. The zero-order valence-corrected chi connectivity index (χ0v) is 13.8. The Morgan fingerprint density at radius 1 is 1.22 bits per heavy atom. The van der Waals surface area contributed by atoms with E-state index in [0.29, 0.717) is 6.42 Å². The molecule has 1 aromatic carbocycles. The number of amides is 1. The number of anilines is 1. The fourth-order valence-electron chi connectivity index (χ4n) is 2.84. The monoisotopic (exact) mass is 314 g/mol. The lowest BCUT2D eigenvalue weighted by Crippen LogP contribution is -2.37. The standard InChI is InChI=1S/C18H26N4O/c1-19-18(20-12-14-5-6-14)21-13-15-7-9-16(10-8-15)22-11-3-2-4-17(22)23/h7-10,14H,2-6,11-13H2,1H3,(H2,19,20,21). The molecule has 5 nitrogen and oxygen atoms in total. The highest BCUT2D eigenvalue weighted by molar-refractivity contribution is 5.93. The van der Waals surface area contributed by atoms with Crippen molar-refractivity contribution in [2.75, 3.05) is 25.0 Å². The van der Waals surface area contributed by atoms with Crippen LogP contribution in [-0.2, 0) is 11.3 Å². The first-order valence-corrected chi connectivity index (χ1v) is 8.60. The first-order valence-electron chi connectivity index (χ1n) is 8.60. The van der Waals surface area contributed by atoms with Crippen molar-refractivity contribution >= 4 is 17.6 Å². The van der Waals surface area contributed by atoms with Gasteiger partial charge in [-0.05, 0) is 49.3 Å². The summed E-state index contributed by atoms with van der Waals surface area (Å²) in [5.41, 5.74) is 2.20. The topological polar surface area (TPSA) is 56.7 Å². The van der Waals surface area contributed by atoms with Crippen LogP contribution in [0.2, 0.25) is 0 Å². The molecule has 1 aromatic rings. The minimum absolute atomic E-state index is 0.242. The van der Waals surface area contributed by atoms with Crippen LogP contribution in [0.3, 0.4) is 0 Å². The van der Waals surface area contributed by atoms with E-state index in [-0.39, 0.29) is 5.91 Å². The Bertz CT molecular complexity index is 563. The predicted octanol–water partition coefficient (Wildman–Crippen LogP) is 2.28. The minimum Gasteiger partial charge on any atom is -0.356 e. The number of nitrogens with zero attached hydrogens (tertiary/aromatic N) is 2. The lowest BCUT2D eigenvalue weighted by Gasteiger charge is -2.26. The van der Waals surface area contributed by atoms with Crippen molar-refractivity contribution in [3.05, 3.63) is 29.8 Å². The van der Waals surface area contributed by atoms with Gasteiger partial charge in [0, 0.05) is 38.8 Å². The maximum absolute atomic E-state index is 12.0. The number of rotatable bonds is 5. The van der Waals surface area contributed by atoms with E-state index < -0.39 is 0 Å². The molecule has 1 heterocycles. The summed E-state index contributed by atoms with van der Waals surface area (Å²) in [6.07, 6.45) is 5.45. The Morgan fingerprint density at radius 3 is 2.65 bits per heavy atom. The van der Waals surface area contributed by atoms with Crippen LogP contribution in [0.25, 0.3) is 0 Å². The van der Waals surface area contributed by atoms with Crippen LogP contribution < -0.4 is 15.5 Å². The maximum Gasteiger partial charge on any atom is 0.226 e. The van der Waals surface area contributed by atoms with Gasteiger partial charge in [-0.15, -0.1) is 0 Å². The molecule has 23 heavy (non-hydrogen) atoms.